The van der Waals surface area contributed by atoms with E-state index in [1.165, 1.54) is 0 Å². The maximum absolute atomic E-state index is 13.6. The lowest BCUT2D eigenvalue weighted by Crippen LogP contribution is -2.60. The number of fused-ring (bicyclic) bond motifs is 1. The van der Waals surface area contributed by atoms with Crippen molar-refractivity contribution in [3.05, 3.63) is 89.0 Å². The molecule has 1 aliphatic heterocycles. The number of nitrogens with one attached hydrogen (secondary N) is 2. The van der Waals surface area contributed by atoms with Gasteiger partial charge in [0.15, 0.2) is 0 Å². The predicted molar refractivity (Wildman–Crippen MR) is 126 cm³/mol. The van der Waals surface area contributed by atoms with Crippen molar-refractivity contribution in [2.75, 3.05) is 15.5 Å². The highest BCUT2D eigenvalue weighted by Gasteiger charge is 2.44. The first-order valence-electron chi connectivity index (χ1n) is 10.4. The lowest BCUT2D eigenvalue weighted by molar-refractivity contribution is -0.117. The van der Waals surface area contributed by atoms with E-state index in [1.807, 2.05) is 94.4 Å². The Bertz CT molecular complexity index is 1170. The van der Waals surface area contributed by atoms with E-state index >= 15 is 0 Å². The third-order valence-corrected chi connectivity index (χ3v) is 5.78. The van der Waals surface area contributed by atoms with Crippen molar-refractivity contribution in [3.8, 4) is 0 Å². The molecular formula is C26H27N3O2. The molecule has 5 heteroatoms. The van der Waals surface area contributed by atoms with Crippen LogP contribution in [-0.4, -0.2) is 17.5 Å². The quantitative estimate of drug-likeness (QED) is 0.600. The van der Waals surface area contributed by atoms with Gasteiger partial charge in [0.1, 0.15) is 5.66 Å². The molecule has 5 nitrogen and oxygen atoms in total. The van der Waals surface area contributed by atoms with Gasteiger partial charge in [-0.15, -0.1) is 0 Å². The lowest BCUT2D eigenvalue weighted by Gasteiger charge is -2.46. The number of para-hydroxylation sites is 2. The normalized spacial score (nSPS) is 17.7. The number of aryl methyl sites for hydroxylation is 3. The van der Waals surface area contributed by atoms with Crippen LogP contribution in [0, 0.1) is 20.8 Å². The first-order valence-corrected chi connectivity index (χ1v) is 10.4. The second-order valence-electron chi connectivity index (χ2n) is 8.41. The number of amides is 2. The van der Waals surface area contributed by atoms with Gasteiger partial charge < -0.3 is 10.6 Å². The highest BCUT2D eigenvalue weighted by molar-refractivity contribution is 6.13. The molecule has 4 rings (SSSR count). The minimum Gasteiger partial charge on any atom is -0.361 e. The third-order valence-electron chi connectivity index (χ3n) is 5.78. The number of carbonyl (C=O) groups is 2. The van der Waals surface area contributed by atoms with Crippen LogP contribution in [0.25, 0.3) is 0 Å². The van der Waals surface area contributed by atoms with Gasteiger partial charge in [0.05, 0.1) is 12.0 Å². The Hall–Kier alpha value is -3.60. The van der Waals surface area contributed by atoms with E-state index in [0.717, 1.165) is 33.8 Å². The van der Waals surface area contributed by atoms with E-state index in [1.54, 1.807) is 4.90 Å². The fraction of sp³-hybridized carbons (Fsp3) is 0.231. The summed E-state index contributed by atoms with van der Waals surface area (Å²) in [6.07, 6.45) is 0.0920. The number of rotatable bonds is 4. The molecule has 0 bridgehead atoms. The number of benzene rings is 3. The molecule has 1 heterocycles. The average molecular weight is 414 g/mol. The number of hydrogen-bond acceptors (Lipinski definition) is 3. The molecule has 1 atom stereocenters. The Morgan fingerprint density at radius 3 is 2.42 bits per heavy atom. The van der Waals surface area contributed by atoms with E-state index in [4.69, 9.17) is 0 Å². The second kappa shape index (κ2) is 7.91. The van der Waals surface area contributed by atoms with Crippen LogP contribution in [0.2, 0.25) is 0 Å². The first kappa shape index (κ1) is 20.7. The van der Waals surface area contributed by atoms with Crippen LogP contribution in [-0.2, 0) is 4.79 Å². The fourth-order valence-electron chi connectivity index (χ4n) is 4.24. The van der Waals surface area contributed by atoms with Crippen LogP contribution in [0.15, 0.2) is 66.7 Å². The summed E-state index contributed by atoms with van der Waals surface area (Å²) in [5.41, 5.74) is 5.09. The van der Waals surface area contributed by atoms with E-state index in [2.05, 4.69) is 10.6 Å². The summed E-state index contributed by atoms with van der Waals surface area (Å²) in [6.45, 7) is 7.87. The van der Waals surface area contributed by atoms with Crippen molar-refractivity contribution in [1.29, 1.82) is 0 Å². The molecule has 0 unspecified atom stereocenters. The summed E-state index contributed by atoms with van der Waals surface area (Å²) in [5.74, 6) is -0.279. The molecule has 158 valence electrons. The minimum absolute atomic E-state index is 0.0920. The van der Waals surface area contributed by atoms with Gasteiger partial charge in [-0.05, 0) is 63.1 Å². The van der Waals surface area contributed by atoms with Gasteiger partial charge in [-0.3, -0.25) is 14.5 Å². The summed E-state index contributed by atoms with van der Waals surface area (Å²) in [5, 5.41) is 6.48. The molecule has 0 fully saturated rings. The monoisotopic (exact) mass is 413 g/mol. The van der Waals surface area contributed by atoms with Gasteiger partial charge in [-0.2, -0.15) is 0 Å². The molecule has 0 spiro atoms. The molecule has 2 amide bonds. The predicted octanol–water partition coefficient (Wildman–Crippen LogP) is 5.43. The second-order valence-corrected chi connectivity index (χ2v) is 8.41. The Balaban J connectivity index is 1.71. The summed E-state index contributed by atoms with van der Waals surface area (Å²) in [6, 6.07) is 21.1. The van der Waals surface area contributed by atoms with Gasteiger partial charge in [0, 0.05) is 17.1 Å². The van der Waals surface area contributed by atoms with Crippen molar-refractivity contribution in [1.82, 2.24) is 0 Å². The SMILES string of the molecule is Cc1ccc(NC(=O)C[C@@]2(C)Nc3ccccc3C(=O)N2c2ccccc2C)c(C)c1. The standard InChI is InChI=1S/C26H27N3O2/c1-17-13-14-21(19(3)15-17)27-24(30)16-26(4)28-22-11-7-6-10-20(22)25(31)29(26)23-12-8-5-9-18(23)2/h5-15,28H,16H2,1-4H3,(H,27,30)/t26-/m0/s1. The maximum Gasteiger partial charge on any atom is 0.262 e. The Labute approximate surface area is 183 Å². The summed E-state index contributed by atoms with van der Waals surface area (Å²) in [4.78, 5) is 28.4. The highest BCUT2D eigenvalue weighted by Crippen LogP contribution is 2.38. The zero-order valence-electron chi connectivity index (χ0n) is 18.3. The highest BCUT2D eigenvalue weighted by atomic mass is 16.2. The van der Waals surface area contributed by atoms with Gasteiger partial charge >= 0.3 is 0 Å². The lowest BCUT2D eigenvalue weighted by atomic mass is 9.95. The van der Waals surface area contributed by atoms with E-state index in [0.29, 0.717) is 5.56 Å². The molecule has 3 aromatic rings. The molecule has 0 saturated carbocycles. The van der Waals surface area contributed by atoms with Crippen molar-refractivity contribution >= 4 is 28.9 Å². The number of anilines is 3. The van der Waals surface area contributed by atoms with Crippen LogP contribution >= 0.6 is 0 Å². The molecule has 1 aliphatic rings. The maximum atomic E-state index is 13.6. The minimum atomic E-state index is -0.930. The zero-order chi connectivity index (χ0) is 22.2. The Morgan fingerprint density at radius 1 is 0.968 bits per heavy atom. The molecule has 3 aromatic carbocycles. The Kier molecular flexibility index (Phi) is 5.27. The van der Waals surface area contributed by atoms with Crippen LogP contribution in [0.1, 0.15) is 40.4 Å². The Morgan fingerprint density at radius 2 is 1.68 bits per heavy atom. The summed E-state index contributed by atoms with van der Waals surface area (Å²) < 4.78 is 0. The van der Waals surface area contributed by atoms with Gasteiger partial charge in [-0.25, -0.2) is 0 Å². The van der Waals surface area contributed by atoms with E-state index in [9.17, 15) is 9.59 Å². The van der Waals surface area contributed by atoms with Gasteiger partial charge in [0.2, 0.25) is 5.91 Å². The van der Waals surface area contributed by atoms with Gasteiger partial charge in [0.25, 0.3) is 5.91 Å². The largest absolute Gasteiger partial charge is 0.361 e. The summed E-state index contributed by atoms with van der Waals surface area (Å²) in [7, 11) is 0. The summed E-state index contributed by atoms with van der Waals surface area (Å²) >= 11 is 0. The molecular weight excluding hydrogens is 386 g/mol. The molecule has 0 radical (unpaired) electrons. The topological polar surface area (TPSA) is 61.4 Å². The third kappa shape index (κ3) is 3.91. The number of nitrogens with zero attached hydrogens (tertiary/aromatic N) is 1. The smallest absolute Gasteiger partial charge is 0.262 e. The van der Waals surface area contributed by atoms with Crippen LogP contribution in [0.4, 0.5) is 17.1 Å². The molecule has 31 heavy (non-hydrogen) atoms. The van der Waals surface area contributed by atoms with Crippen LogP contribution in [0.5, 0.6) is 0 Å². The first-order chi connectivity index (χ1) is 14.8. The van der Waals surface area contributed by atoms with Crippen molar-refractivity contribution in [3.63, 3.8) is 0 Å². The number of hydrogen-bond donors (Lipinski definition) is 2. The van der Waals surface area contributed by atoms with E-state index < -0.39 is 5.66 Å². The molecule has 0 saturated heterocycles. The van der Waals surface area contributed by atoms with Gasteiger partial charge in [-0.1, -0.05) is 48.0 Å². The van der Waals surface area contributed by atoms with Crippen LogP contribution < -0.4 is 15.5 Å². The van der Waals surface area contributed by atoms with Crippen molar-refractivity contribution in [2.45, 2.75) is 39.8 Å². The molecule has 0 aromatic heterocycles. The molecule has 0 aliphatic carbocycles. The zero-order valence-corrected chi connectivity index (χ0v) is 18.3. The van der Waals surface area contributed by atoms with Crippen LogP contribution in [0.3, 0.4) is 0 Å². The van der Waals surface area contributed by atoms with Crippen molar-refractivity contribution < 1.29 is 9.59 Å². The number of carbonyl (C=O) groups excluding carboxylic acids is 2. The average Bonchev–Trinajstić information content (AvgIpc) is 2.71. The van der Waals surface area contributed by atoms with E-state index in [-0.39, 0.29) is 18.2 Å². The fourth-order valence-corrected chi connectivity index (χ4v) is 4.24. The van der Waals surface area contributed by atoms with Crippen molar-refractivity contribution in [2.24, 2.45) is 0 Å². The molecule has 2 N–H and O–H groups in total.